The average Bonchev–Trinajstić information content (AvgIpc) is 3.56. The summed E-state index contributed by atoms with van der Waals surface area (Å²) in [6, 6.07) is 19.8. The number of esters is 1. The number of rotatable bonds is 8. The lowest BCUT2D eigenvalue weighted by molar-refractivity contribution is -0.128. The molecule has 1 atom stereocenters. The second kappa shape index (κ2) is 10.6. The Morgan fingerprint density at radius 3 is 2.57 bits per heavy atom. The van der Waals surface area contributed by atoms with Crippen LogP contribution in [0.1, 0.15) is 46.3 Å². The predicted molar refractivity (Wildman–Crippen MR) is 140 cm³/mol. The van der Waals surface area contributed by atoms with Gasteiger partial charge in [-0.25, -0.2) is 9.78 Å². The van der Waals surface area contributed by atoms with E-state index < -0.39 is 24.5 Å². The van der Waals surface area contributed by atoms with Gasteiger partial charge in [0.2, 0.25) is 0 Å². The normalized spacial score (nSPS) is 14.4. The number of aromatic nitrogens is 1. The quantitative estimate of drug-likeness (QED) is 0.354. The molecule has 0 fully saturated rings. The third kappa shape index (κ3) is 5.35. The minimum Gasteiger partial charge on any atom is -0.465 e. The lowest BCUT2D eigenvalue weighted by Crippen LogP contribution is -2.43. The number of ketones is 1. The number of hydrogen-bond donors (Lipinski definition) is 1. The van der Waals surface area contributed by atoms with E-state index in [4.69, 9.17) is 14.1 Å². The van der Waals surface area contributed by atoms with Gasteiger partial charge < -0.3 is 14.5 Å². The van der Waals surface area contributed by atoms with E-state index >= 15 is 0 Å². The van der Waals surface area contributed by atoms with Gasteiger partial charge in [0, 0.05) is 5.39 Å². The fourth-order valence-corrected chi connectivity index (χ4v) is 4.64. The monoisotopic (exact) mass is 494 g/mol. The van der Waals surface area contributed by atoms with Gasteiger partial charge in [-0.15, -0.1) is 0 Å². The van der Waals surface area contributed by atoms with Gasteiger partial charge in [0.25, 0.3) is 5.91 Å². The van der Waals surface area contributed by atoms with Crippen LogP contribution in [0, 0.1) is 0 Å². The van der Waals surface area contributed by atoms with E-state index in [1.807, 2.05) is 72.8 Å². The summed E-state index contributed by atoms with van der Waals surface area (Å²) in [6.07, 6.45) is 5.24. The largest absolute Gasteiger partial charge is 0.465 e. The number of benzene rings is 2. The maximum atomic E-state index is 13.3. The first kappa shape index (κ1) is 24.2. The molecule has 0 saturated heterocycles. The lowest BCUT2D eigenvalue weighted by Gasteiger charge is -2.17. The zero-order chi connectivity index (χ0) is 25.8. The van der Waals surface area contributed by atoms with Crippen LogP contribution in [-0.2, 0) is 27.2 Å². The van der Waals surface area contributed by atoms with Crippen LogP contribution < -0.4 is 5.32 Å². The van der Waals surface area contributed by atoms with Gasteiger partial charge in [-0.2, -0.15) is 0 Å². The van der Waals surface area contributed by atoms with Gasteiger partial charge in [-0.3, -0.25) is 9.59 Å². The van der Waals surface area contributed by atoms with Crippen molar-refractivity contribution < 1.29 is 23.5 Å². The van der Waals surface area contributed by atoms with E-state index in [1.165, 1.54) is 6.92 Å². The SMILES string of the molecule is CC(=O)C(Cc1ccccc1)NC(=O)COC(=O)c1c2c(nc3ccccc13)/C(=C/c1ccco1)CC2. The Bertz CT molecular complexity index is 1490. The molecule has 1 unspecified atom stereocenters. The molecule has 2 aromatic carbocycles. The highest BCUT2D eigenvalue weighted by Crippen LogP contribution is 2.37. The topological polar surface area (TPSA) is 98.5 Å². The molecule has 5 rings (SSSR count). The number of para-hydroxylation sites is 1. The summed E-state index contributed by atoms with van der Waals surface area (Å²) in [5, 5.41) is 3.37. The van der Waals surface area contributed by atoms with Crippen LogP contribution in [0.5, 0.6) is 0 Å². The van der Waals surface area contributed by atoms with Crippen LogP contribution in [0.15, 0.2) is 77.4 Å². The number of amides is 1. The molecule has 0 radical (unpaired) electrons. The molecule has 7 heteroatoms. The van der Waals surface area contributed by atoms with Crippen molar-refractivity contribution in [2.75, 3.05) is 6.61 Å². The van der Waals surface area contributed by atoms with Gasteiger partial charge in [-0.1, -0.05) is 48.5 Å². The fourth-order valence-electron chi connectivity index (χ4n) is 4.64. The van der Waals surface area contributed by atoms with Gasteiger partial charge in [0.15, 0.2) is 12.4 Å². The fraction of sp³-hybridized carbons (Fsp3) is 0.200. The van der Waals surface area contributed by atoms with Crippen molar-refractivity contribution in [1.82, 2.24) is 10.3 Å². The third-order valence-electron chi connectivity index (χ3n) is 6.45. The Labute approximate surface area is 214 Å². The van der Waals surface area contributed by atoms with Gasteiger partial charge in [-0.05, 0) is 67.2 Å². The number of carbonyl (C=O) groups excluding carboxylic acids is 3. The number of carbonyl (C=O) groups is 3. The van der Waals surface area contributed by atoms with Crippen molar-refractivity contribution in [1.29, 1.82) is 0 Å². The first-order valence-corrected chi connectivity index (χ1v) is 12.2. The zero-order valence-corrected chi connectivity index (χ0v) is 20.4. The number of pyridine rings is 1. The van der Waals surface area contributed by atoms with Gasteiger partial charge >= 0.3 is 5.97 Å². The Morgan fingerprint density at radius 2 is 1.81 bits per heavy atom. The Hall–Kier alpha value is -4.52. The summed E-state index contributed by atoms with van der Waals surface area (Å²) < 4.78 is 10.9. The molecule has 37 heavy (non-hydrogen) atoms. The molecule has 186 valence electrons. The number of hydrogen-bond acceptors (Lipinski definition) is 6. The van der Waals surface area contributed by atoms with E-state index in [2.05, 4.69) is 5.32 Å². The van der Waals surface area contributed by atoms with Crippen molar-refractivity contribution >= 4 is 40.2 Å². The molecular formula is C30H26N2O5. The molecule has 0 bridgehead atoms. The Balaban J connectivity index is 1.35. The van der Waals surface area contributed by atoms with Crippen molar-refractivity contribution in [2.45, 2.75) is 32.2 Å². The van der Waals surface area contributed by atoms with E-state index in [0.717, 1.165) is 22.4 Å². The summed E-state index contributed by atoms with van der Waals surface area (Å²) in [7, 11) is 0. The number of nitrogens with zero attached hydrogens (tertiary/aromatic N) is 1. The minimum atomic E-state index is -0.700. The smallest absolute Gasteiger partial charge is 0.339 e. The third-order valence-corrected chi connectivity index (χ3v) is 6.45. The number of allylic oxidation sites excluding steroid dienone is 1. The summed E-state index contributed by atoms with van der Waals surface area (Å²) in [4.78, 5) is 42.9. The molecule has 2 heterocycles. The standard InChI is InChI=1S/C30H26N2O5/c1-19(33)26(16-20-8-3-2-4-9-20)31-27(34)18-37-30(35)28-23-11-5-6-12-25(23)32-29-21(13-14-24(28)29)17-22-10-7-15-36-22/h2-12,15,17,26H,13-14,16,18H2,1H3,(H,31,34)/b21-17+. The van der Waals surface area contributed by atoms with E-state index in [0.29, 0.717) is 41.5 Å². The summed E-state index contributed by atoms with van der Waals surface area (Å²) in [5.74, 6) is -0.573. The minimum absolute atomic E-state index is 0.169. The molecule has 1 amide bonds. The highest BCUT2D eigenvalue weighted by Gasteiger charge is 2.28. The second-order valence-corrected chi connectivity index (χ2v) is 9.01. The van der Waals surface area contributed by atoms with Crippen LogP contribution in [0.25, 0.3) is 22.6 Å². The average molecular weight is 495 g/mol. The molecule has 0 spiro atoms. The number of ether oxygens (including phenoxy) is 1. The molecule has 4 aromatic rings. The molecule has 0 aliphatic heterocycles. The summed E-state index contributed by atoms with van der Waals surface area (Å²) in [6.45, 7) is 0.943. The lowest BCUT2D eigenvalue weighted by atomic mass is 10.0. The van der Waals surface area contributed by atoms with E-state index in [-0.39, 0.29) is 5.78 Å². The van der Waals surface area contributed by atoms with Crippen molar-refractivity contribution in [3.63, 3.8) is 0 Å². The number of Topliss-reactive ketones (excluding diaryl/α,β-unsaturated/α-hetero) is 1. The second-order valence-electron chi connectivity index (χ2n) is 9.01. The first-order chi connectivity index (χ1) is 18.0. The number of fused-ring (bicyclic) bond motifs is 2. The Morgan fingerprint density at radius 1 is 1.03 bits per heavy atom. The number of nitrogens with one attached hydrogen (secondary N) is 1. The first-order valence-electron chi connectivity index (χ1n) is 12.2. The van der Waals surface area contributed by atoms with Gasteiger partial charge in [0.05, 0.1) is 29.1 Å². The van der Waals surface area contributed by atoms with Gasteiger partial charge in [0.1, 0.15) is 5.76 Å². The molecule has 1 aliphatic rings. The Kier molecular flexibility index (Phi) is 6.94. The highest BCUT2D eigenvalue weighted by atomic mass is 16.5. The van der Waals surface area contributed by atoms with Crippen LogP contribution in [0.2, 0.25) is 0 Å². The van der Waals surface area contributed by atoms with Crippen molar-refractivity contribution in [2.24, 2.45) is 0 Å². The van der Waals surface area contributed by atoms with Crippen molar-refractivity contribution in [3.05, 3.63) is 101 Å². The maximum absolute atomic E-state index is 13.3. The number of furan rings is 1. The molecule has 7 nitrogen and oxygen atoms in total. The molecule has 1 aliphatic carbocycles. The van der Waals surface area contributed by atoms with Crippen LogP contribution in [0.3, 0.4) is 0 Å². The summed E-state index contributed by atoms with van der Waals surface area (Å²) in [5.41, 5.74) is 4.54. The highest BCUT2D eigenvalue weighted by molar-refractivity contribution is 6.07. The van der Waals surface area contributed by atoms with Crippen LogP contribution in [0.4, 0.5) is 0 Å². The van der Waals surface area contributed by atoms with Crippen LogP contribution in [-0.4, -0.2) is 35.3 Å². The van der Waals surface area contributed by atoms with Crippen LogP contribution >= 0.6 is 0 Å². The predicted octanol–water partition coefficient (Wildman–Crippen LogP) is 4.79. The molecule has 0 saturated carbocycles. The maximum Gasteiger partial charge on any atom is 0.339 e. The van der Waals surface area contributed by atoms with Crippen molar-refractivity contribution in [3.8, 4) is 0 Å². The summed E-state index contributed by atoms with van der Waals surface area (Å²) >= 11 is 0. The molecule has 2 aromatic heterocycles. The van der Waals surface area contributed by atoms with E-state index in [9.17, 15) is 14.4 Å². The van der Waals surface area contributed by atoms with E-state index in [1.54, 1.807) is 6.26 Å². The molecular weight excluding hydrogens is 468 g/mol. The zero-order valence-electron chi connectivity index (χ0n) is 20.4. The molecule has 1 N–H and O–H groups in total.